The van der Waals surface area contributed by atoms with Crippen molar-refractivity contribution in [3.05, 3.63) is 84.3 Å². The Kier molecular flexibility index (Phi) is 6.68. The van der Waals surface area contributed by atoms with E-state index in [1.807, 2.05) is 66.7 Å². The maximum Gasteiger partial charge on any atom is 0.233 e. The summed E-state index contributed by atoms with van der Waals surface area (Å²) >= 11 is 1.30. The Labute approximate surface area is 184 Å². The second kappa shape index (κ2) is 9.99. The number of rotatable bonds is 9. The van der Waals surface area contributed by atoms with E-state index >= 15 is 0 Å². The van der Waals surface area contributed by atoms with Crippen LogP contribution in [0.2, 0.25) is 0 Å². The highest BCUT2D eigenvalue weighted by Crippen LogP contribution is 2.22. The molecule has 0 saturated carbocycles. The molecular weight excluding hydrogens is 412 g/mol. The van der Waals surface area contributed by atoms with Crippen molar-refractivity contribution in [2.24, 2.45) is 0 Å². The van der Waals surface area contributed by atoms with Gasteiger partial charge in [-0.15, -0.1) is 5.10 Å². The molecule has 31 heavy (non-hydrogen) atoms. The average molecular weight is 435 g/mol. The molecule has 4 aromatic rings. The number of H-pyrrole nitrogens is 1. The van der Waals surface area contributed by atoms with Crippen LogP contribution in [0.15, 0.2) is 82.6 Å². The minimum absolute atomic E-state index is 0.0129. The molecule has 1 amide bonds. The first-order valence-corrected chi connectivity index (χ1v) is 10.7. The minimum Gasteiger partial charge on any atom is -0.497 e. The Morgan fingerprint density at radius 1 is 1.06 bits per heavy atom. The lowest BCUT2D eigenvalue weighted by atomic mass is 10.2. The number of nitrogens with one attached hydrogen (secondary N) is 1. The molecule has 2 aromatic heterocycles. The SMILES string of the molecule is COc1ccc(-c2nc(SCC(=O)N(Cc3ccccc3)Cc3ccco3)n[nH]2)cc1. The molecule has 0 spiro atoms. The highest BCUT2D eigenvalue weighted by molar-refractivity contribution is 7.99. The Balaban J connectivity index is 1.40. The third-order valence-corrected chi connectivity index (χ3v) is 5.48. The molecule has 158 valence electrons. The van der Waals surface area contributed by atoms with Crippen molar-refractivity contribution in [2.45, 2.75) is 18.2 Å². The summed E-state index contributed by atoms with van der Waals surface area (Å²) in [5.41, 5.74) is 1.96. The fourth-order valence-corrected chi connectivity index (χ4v) is 3.73. The van der Waals surface area contributed by atoms with E-state index in [1.165, 1.54) is 11.8 Å². The van der Waals surface area contributed by atoms with Crippen LogP contribution in [-0.2, 0) is 17.9 Å². The highest BCUT2D eigenvalue weighted by Gasteiger charge is 2.17. The summed E-state index contributed by atoms with van der Waals surface area (Å²) in [6.07, 6.45) is 1.61. The van der Waals surface area contributed by atoms with E-state index in [-0.39, 0.29) is 11.7 Å². The zero-order valence-electron chi connectivity index (χ0n) is 17.0. The van der Waals surface area contributed by atoms with E-state index in [1.54, 1.807) is 18.3 Å². The van der Waals surface area contributed by atoms with Gasteiger partial charge in [-0.1, -0.05) is 42.1 Å². The summed E-state index contributed by atoms with van der Waals surface area (Å²) in [4.78, 5) is 19.2. The normalized spacial score (nSPS) is 10.7. The van der Waals surface area contributed by atoms with Gasteiger partial charge in [0.1, 0.15) is 11.5 Å². The van der Waals surface area contributed by atoms with Crippen LogP contribution in [0.3, 0.4) is 0 Å². The Morgan fingerprint density at radius 2 is 1.87 bits per heavy atom. The smallest absolute Gasteiger partial charge is 0.233 e. The number of ether oxygens (including phenoxy) is 1. The van der Waals surface area contributed by atoms with E-state index < -0.39 is 0 Å². The van der Waals surface area contributed by atoms with E-state index in [4.69, 9.17) is 9.15 Å². The van der Waals surface area contributed by atoms with Gasteiger partial charge in [-0.3, -0.25) is 9.89 Å². The van der Waals surface area contributed by atoms with E-state index in [0.717, 1.165) is 22.6 Å². The van der Waals surface area contributed by atoms with Gasteiger partial charge in [0.2, 0.25) is 11.1 Å². The van der Waals surface area contributed by atoms with Gasteiger partial charge in [0.25, 0.3) is 0 Å². The molecule has 7 nitrogen and oxygen atoms in total. The van der Waals surface area contributed by atoms with Gasteiger partial charge in [0.05, 0.1) is 25.7 Å². The number of aromatic nitrogens is 3. The van der Waals surface area contributed by atoms with Gasteiger partial charge in [0.15, 0.2) is 5.82 Å². The zero-order chi connectivity index (χ0) is 21.5. The summed E-state index contributed by atoms with van der Waals surface area (Å²) in [6.45, 7) is 0.915. The van der Waals surface area contributed by atoms with Crippen molar-refractivity contribution >= 4 is 17.7 Å². The van der Waals surface area contributed by atoms with E-state index in [0.29, 0.717) is 24.1 Å². The van der Waals surface area contributed by atoms with Gasteiger partial charge >= 0.3 is 0 Å². The molecule has 0 fully saturated rings. The third kappa shape index (κ3) is 5.55. The van der Waals surface area contributed by atoms with Crippen molar-refractivity contribution in [2.75, 3.05) is 12.9 Å². The molecule has 8 heteroatoms. The molecule has 0 aliphatic carbocycles. The lowest BCUT2D eigenvalue weighted by Gasteiger charge is -2.21. The Hall–Kier alpha value is -3.52. The van der Waals surface area contributed by atoms with Crippen LogP contribution in [-0.4, -0.2) is 38.9 Å². The van der Waals surface area contributed by atoms with Crippen LogP contribution in [0, 0.1) is 0 Å². The largest absolute Gasteiger partial charge is 0.497 e. The molecular formula is C23H22N4O3S. The molecule has 4 rings (SSSR count). The summed E-state index contributed by atoms with van der Waals surface area (Å²) in [7, 11) is 1.63. The molecule has 2 aromatic carbocycles. The van der Waals surface area contributed by atoms with Crippen molar-refractivity contribution in [1.82, 2.24) is 20.1 Å². The number of carbonyl (C=O) groups is 1. The molecule has 1 N–H and O–H groups in total. The number of aromatic amines is 1. The van der Waals surface area contributed by atoms with Crippen molar-refractivity contribution in [3.63, 3.8) is 0 Å². The first kappa shape index (κ1) is 20.7. The first-order chi connectivity index (χ1) is 15.2. The minimum atomic E-state index is -0.0129. The molecule has 0 atom stereocenters. The van der Waals surface area contributed by atoms with Crippen molar-refractivity contribution in [3.8, 4) is 17.1 Å². The maximum absolute atomic E-state index is 13.0. The lowest BCUT2D eigenvalue weighted by Crippen LogP contribution is -2.31. The fraction of sp³-hybridized carbons (Fsp3) is 0.174. The predicted octanol–water partition coefficient (Wildman–Crippen LogP) is 4.39. The third-order valence-electron chi connectivity index (χ3n) is 4.65. The number of furan rings is 1. The van der Waals surface area contributed by atoms with Crippen LogP contribution in [0.25, 0.3) is 11.4 Å². The number of hydrogen-bond donors (Lipinski definition) is 1. The van der Waals surface area contributed by atoms with Gasteiger partial charge < -0.3 is 14.1 Å². The van der Waals surface area contributed by atoms with Crippen LogP contribution in [0.5, 0.6) is 5.75 Å². The number of thioether (sulfide) groups is 1. The van der Waals surface area contributed by atoms with Crippen LogP contribution in [0.1, 0.15) is 11.3 Å². The van der Waals surface area contributed by atoms with Crippen LogP contribution < -0.4 is 4.74 Å². The summed E-state index contributed by atoms with van der Waals surface area (Å²) in [5.74, 6) is 2.39. The fourth-order valence-electron chi connectivity index (χ4n) is 3.03. The molecule has 0 aliphatic rings. The lowest BCUT2D eigenvalue weighted by molar-refractivity contribution is -0.129. The molecule has 2 heterocycles. The Bertz CT molecular complexity index is 1100. The van der Waals surface area contributed by atoms with Crippen molar-refractivity contribution < 1.29 is 13.9 Å². The standard InChI is InChI=1S/C23H22N4O3S/c1-29-19-11-9-18(10-12-19)22-24-23(26-25-22)31-16-21(28)27(15-20-8-5-13-30-20)14-17-6-3-2-4-7-17/h2-13H,14-16H2,1H3,(H,24,25,26). The van der Waals surface area contributed by atoms with E-state index in [9.17, 15) is 4.79 Å². The van der Waals surface area contributed by atoms with Crippen molar-refractivity contribution in [1.29, 1.82) is 0 Å². The van der Waals surface area contributed by atoms with Crippen LogP contribution in [0.4, 0.5) is 0 Å². The average Bonchev–Trinajstić information content (AvgIpc) is 3.50. The number of methoxy groups -OCH3 is 1. The van der Waals surface area contributed by atoms with Gasteiger partial charge in [0, 0.05) is 12.1 Å². The quantitative estimate of drug-likeness (QED) is 0.393. The second-order valence-corrected chi connectivity index (χ2v) is 7.74. The molecule has 0 bridgehead atoms. The zero-order valence-corrected chi connectivity index (χ0v) is 17.8. The predicted molar refractivity (Wildman–Crippen MR) is 118 cm³/mol. The summed E-state index contributed by atoms with van der Waals surface area (Å²) in [6, 6.07) is 21.1. The van der Waals surface area contributed by atoms with E-state index in [2.05, 4.69) is 15.2 Å². The van der Waals surface area contributed by atoms with Gasteiger partial charge in [-0.25, -0.2) is 4.98 Å². The highest BCUT2D eigenvalue weighted by atomic mass is 32.2. The number of carbonyl (C=O) groups excluding carboxylic acids is 1. The molecule has 0 saturated heterocycles. The maximum atomic E-state index is 13.0. The molecule has 0 aliphatic heterocycles. The monoisotopic (exact) mass is 434 g/mol. The molecule has 0 radical (unpaired) electrons. The number of nitrogens with zero attached hydrogens (tertiary/aromatic N) is 3. The number of amides is 1. The molecule has 0 unspecified atom stereocenters. The van der Waals surface area contributed by atoms with Crippen LogP contribution >= 0.6 is 11.8 Å². The topological polar surface area (TPSA) is 84.2 Å². The summed E-state index contributed by atoms with van der Waals surface area (Å²) in [5, 5.41) is 7.68. The van der Waals surface area contributed by atoms with Gasteiger partial charge in [-0.05, 0) is 42.0 Å². The Morgan fingerprint density at radius 3 is 2.58 bits per heavy atom. The second-order valence-electron chi connectivity index (χ2n) is 6.80. The first-order valence-electron chi connectivity index (χ1n) is 9.75. The van der Waals surface area contributed by atoms with Gasteiger partial charge in [-0.2, -0.15) is 0 Å². The number of hydrogen-bond acceptors (Lipinski definition) is 6. The summed E-state index contributed by atoms with van der Waals surface area (Å²) < 4.78 is 10.6. The number of benzene rings is 2.